The van der Waals surface area contributed by atoms with Crippen LogP contribution in [0.1, 0.15) is 17.5 Å². The number of aryl methyl sites for hydroxylation is 1. The van der Waals surface area contributed by atoms with Gasteiger partial charge in [0.05, 0.1) is 24.1 Å². The van der Waals surface area contributed by atoms with E-state index < -0.39 is 0 Å². The molecule has 1 aliphatic carbocycles. The van der Waals surface area contributed by atoms with Crippen molar-refractivity contribution in [3.8, 4) is 0 Å². The molecule has 3 aromatic heterocycles. The molecule has 0 amide bonds. The smallest absolute Gasteiger partial charge is 0.279 e. The molecule has 4 heterocycles. The van der Waals surface area contributed by atoms with Gasteiger partial charge >= 0.3 is 0 Å². The molecule has 0 aromatic carbocycles. The molecule has 0 radical (unpaired) electrons. The number of ether oxygens (including phenoxy) is 1. The lowest BCUT2D eigenvalue weighted by molar-refractivity contribution is -0.328. The van der Waals surface area contributed by atoms with Gasteiger partial charge in [-0.15, -0.1) is 0 Å². The van der Waals surface area contributed by atoms with E-state index in [4.69, 9.17) is 10.6 Å². The Hall–Kier alpha value is -2.03. The highest BCUT2D eigenvalue weighted by Gasteiger charge is 2.31. The van der Waals surface area contributed by atoms with Crippen molar-refractivity contribution in [3.63, 3.8) is 0 Å². The summed E-state index contributed by atoms with van der Waals surface area (Å²) in [5.74, 6) is 7.58. The summed E-state index contributed by atoms with van der Waals surface area (Å²) in [5, 5.41) is 1.25. The van der Waals surface area contributed by atoms with Gasteiger partial charge in [0.2, 0.25) is 0 Å². The van der Waals surface area contributed by atoms with Crippen molar-refractivity contribution in [1.82, 2.24) is 9.97 Å². The van der Waals surface area contributed by atoms with E-state index in [1.165, 1.54) is 28.8 Å². The number of nitrogen functional groups attached to an aromatic ring is 1. The van der Waals surface area contributed by atoms with Gasteiger partial charge in [-0.2, -0.15) is 0 Å². The third kappa shape index (κ3) is 2.00. The van der Waals surface area contributed by atoms with Crippen LogP contribution < -0.4 is 21.2 Å². The first-order chi connectivity index (χ1) is 11.9. The van der Waals surface area contributed by atoms with Gasteiger partial charge in [-0.25, -0.2) is 20.8 Å². The minimum Gasteiger partial charge on any atom is -0.373 e. The molecule has 0 unspecified atom stereocenters. The van der Waals surface area contributed by atoms with Crippen LogP contribution in [-0.2, 0) is 17.6 Å². The van der Waals surface area contributed by atoms with Crippen LogP contribution in [0.15, 0.2) is 6.33 Å². The van der Waals surface area contributed by atoms with Crippen molar-refractivity contribution in [2.75, 3.05) is 36.6 Å². The molecule has 124 valence electrons. The quantitative estimate of drug-likeness (QED) is 0.538. The predicted octanol–water partition coefficient (Wildman–Crippen LogP) is 1.27. The average molecular weight is 343 g/mol. The third-order valence-corrected chi connectivity index (χ3v) is 6.07. The number of hydrogen-bond donors (Lipinski definition) is 2. The lowest BCUT2D eigenvalue weighted by atomic mass is 10.1. The Bertz CT molecular complexity index is 933. The lowest BCUT2D eigenvalue weighted by Gasteiger charge is -2.23. The zero-order valence-corrected chi connectivity index (χ0v) is 14.1. The van der Waals surface area contributed by atoms with Crippen molar-refractivity contribution in [1.29, 1.82) is 0 Å². The molecule has 24 heavy (non-hydrogen) atoms. The number of fused-ring (bicyclic) bond motifs is 5. The van der Waals surface area contributed by atoms with Crippen molar-refractivity contribution < 1.29 is 9.72 Å². The van der Waals surface area contributed by atoms with E-state index in [2.05, 4.69) is 25.3 Å². The van der Waals surface area contributed by atoms with E-state index in [0.29, 0.717) is 5.82 Å². The molecule has 1 saturated heterocycles. The fourth-order valence-electron chi connectivity index (χ4n) is 3.90. The molecule has 0 bridgehead atoms. The number of nitrogens with two attached hydrogens (primary N) is 1. The van der Waals surface area contributed by atoms with E-state index in [9.17, 15) is 0 Å². The zero-order chi connectivity index (χ0) is 16.1. The van der Waals surface area contributed by atoms with Gasteiger partial charge < -0.3 is 10.2 Å². The van der Waals surface area contributed by atoms with Crippen LogP contribution in [0.5, 0.6) is 0 Å². The molecule has 8 heteroatoms. The summed E-state index contributed by atoms with van der Waals surface area (Å²) in [5.41, 5.74) is 6.59. The summed E-state index contributed by atoms with van der Waals surface area (Å²) in [7, 11) is 0. The number of hydrazine groups is 1. The van der Waals surface area contributed by atoms with E-state index >= 15 is 0 Å². The molecule has 0 spiro atoms. The Morgan fingerprint density at radius 2 is 2.04 bits per heavy atom. The molecule has 4 N–H and O–H groups in total. The lowest BCUT2D eigenvalue weighted by Crippen LogP contribution is -2.40. The second kappa shape index (κ2) is 5.51. The second-order valence-corrected chi connectivity index (χ2v) is 7.25. The number of morpholine rings is 1. The number of anilines is 2. The van der Waals surface area contributed by atoms with Crippen LogP contribution in [0.25, 0.3) is 20.4 Å². The Kier molecular flexibility index (Phi) is 3.29. The highest BCUT2D eigenvalue weighted by molar-refractivity contribution is 7.25. The molecule has 7 nitrogen and oxygen atoms in total. The molecule has 3 aromatic rings. The average Bonchev–Trinajstić information content (AvgIpc) is 3.25. The van der Waals surface area contributed by atoms with Crippen LogP contribution in [0, 0.1) is 0 Å². The molecular formula is C16H19N6OS+. The number of aromatic nitrogens is 3. The number of hydrogen-bond acceptors (Lipinski definition) is 7. The highest BCUT2D eigenvalue weighted by Crippen LogP contribution is 2.41. The van der Waals surface area contributed by atoms with Crippen molar-refractivity contribution in [2.24, 2.45) is 5.84 Å². The Morgan fingerprint density at radius 3 is 2.88 bits per heavy atom. The van der Waals surface area contributed by atoms with Crippen LogP contribution in [-0.4, -0.2) is 36.3 Å². The van der Waals surface area contributed by atoms with Gasteiger partial charge in [0.1, 0.15) is 24.1 Å². The maximum Gasteiger partial charge on any atom is 0.279 e. The monoisotopic (exact) mass is 343 g/mol. The van der Waals surface area contributed by atoms with Crippen molar-refractivity contribution in [2.45, 2.75) is 19.3 Å². The molecule has 2 aliphatic rings. The zero-order valence-electron chi connectivity index (χ0n) is 13.3. The van der Waals surface area contributed by atoms with E-state index in [-0.39, 0.29) is 0 Å². The molecule has 1 aliphatic heterocycles. The van der Waals surface area contributed by atoms with Crippen molar-refractivity contribution in [3.05, 3.63) is 17.5 Å². The van der Waals surface area contributed by atoms with Crippen LogP contribution >= 0.6 is 11.3 Å². The number of aromatic amines is 1. The molecular weight excluding hydrogens is 324 g/mol. The molecule has 0 atom stereocenters. The SMILES string of the molecule is NNc1ncnc2c1sc1[nH+]c(N3CCOCC3)c3c(c12)CCC3. The Morgan fingerprint density at radius 1 is 1.21 bits per heavy atom. The summed E-state index contributed by atoms with van der Waals surface area (Å²) >= 11 is 1.68. The number of rotatable bonds is 2. The number of nitrogens with one attached hydrogen (secondary N) is 2. The Labute approximate surface area is 142 Å². The maximum atomic E-state index is 5.63. The summed E-state index contributed by atoms with van der Waals surface area (Å²) < 4.78 is 6.53. The first-order valence-corrected chi connectivity index (χ1v) is 9.12. The summed E-state index contributed by atoms with van der Waals surface area (Å²) in [4.78, 5) is 16.1. The normalized spacial score (nSPS) is 17.6. The first kappa shape index (κ1) is 14.3. The van der Waals surface area contributed by atoms with E-state index in [0.717, 1.165) is 54.2 Å². The summed E-state index contributed by atoms with van der Waals surface area (Å²) in [6.07, 6.45) is 5.02. The molecule has 1 fully saturated rings. The molecule has 5 rings (SSSR count). The number of thiophene rings is 1. The van der Waals surface area contributed by atoms with Gasteiger partial charge in [0.25, 0.3) is 5.82 Å². The topological polar surface area (TPSA) is 90.4 Å². The van der Waals surface area contributed by atoms with Gasteiger partial charge in [-0.1, -0.05) is 11.3 Å². The van der Waals surface area contributed by atoms with Crippen molar-refractivity contribution >= 4 is 43.4 Å². The van der Waals surface area contributed by atoms with E-state index in [1.807, 2.05) is 0 Å². The number of H-pyrrole nitrogens is 1. The largest absolute Gasteiger partial charge is 0.373 e. The van der Waals surface area contributed by atoms with Gasteiger partial charge in [-0.05, 0) is 24.8 Å². The predicted molar refractivity (Wildman–Crippen MR) is 94.3 cm³/mol. The van der Waals surface area contributed by atoms with Crippen LogP contribution in [0.4, 0.5) is 11.6 Å². The molecule has 0 saturated carbocycles. The highest BCUT2D eigenvalue weighted by atomic mass is 32.1. The van der Waals surface area contributed by atoms with Crippen LogP contribution in [0.3, 0.4) is 0 Å². The maximum absolute atomic E-state index is 5.63. The second-order valence-electron chi connectivity index (χ2n) is 6.23. The first-order valence-electron chi connectivity index (χ1n) is 8.30. The summed E-state index contributed by atoms with van der Waals surface area (Å²) in [6.45, 7) is 3.46. The van der Waals surface area contributed by atoms with Gasteiger partial charge in [0, 0.05) is 5.56 Å². The number of pyridine rings is 1. The van der Waals surface area contributed by atoms with Gasteiger partial charge in [0.15, 0.2) is 10.6 Å². The Balaban J connectivity index is 1.80. The third-order valence-electron chi connectivity index (χ3n) is 4.97. The minimum atomic E-state index is 0.689. The van der Waals surface area contributed by atoms with E-state index in [1.54, 1.807) is 17.7 Å². The van der Waals surface area contributed by atoms with Gasteiger partial charge in [-0.3, -0.25) is 4.90 Å². The summed E-state index contributed by atoms with van der Waals surface area (Å²) in [6, 6.07) is 0. The minimum absolute atomic E-state index is 0.689. The standard InChI is InChI=1S/C16H18N6OS/c17-21-14-13-12(18-8-19-14)11-9-2-1-3-10(9)15(20-16(11)24-13)22-4-6-23-7-5-22/h8H,1-7,17H2,(H,18,19,21)/p+1. The number of nitrogens with zero attached hydrogens (tertiary/aromatic N) is 3. The fraction of sp³-hybridized carbons (Fsp3) is 0.438. The fourth-order valence-corrected chi connectivity index (χ4v) is 5.03. The van der Waals surface area contributed by atoms with Crippen LogP contribution in [0.2, 0.25) is 0 Å².